The van der Waals surface area contributed by atoms with Gasteiger partial charge < -0.3 is 10.2 Å². The summed E-state index contributed by atoms with van der Waals surface area (Å²) in [6, 6.07) is 3.81. The first-order valence-electron chi connectivity index (χ1n) is 10.4. The van der Waals surface area contributed by atoms with Gasteiger partial charge >= 0.3 is 0 Å². The van der Waals surface area contributed by atoms with E-state index in [-0.39, 0.29) is 17.9 Å². The second kappa shape index (κ2) is 6.50. The summed E-state index contributed by atoms with van der Waals surface area (Å²) in [7, 11) is 0. The number of hydrogen-bond acceptors (Lipinski definition) is 6. The van der Waals surface area contributed by atoms with Crippen molar-refractivity contribution >= 4 is 17.3 Å². The molecule has 0 aliphatic carbocycles. The Morgan fingerprint density at radius 3 is 2.83 bits per heavy atom. The van der Waals surface area contributed by atoms with Crippen molar-refractivity contribution in [3.05, 3.63) is 53.8 Å². The molecule has 1 unspecified atom stereocenters. The van der Waals surface area contributed by atoms with Crippen molar-refractivity contribution in [3.8, 4) is 0 Å². The molecule has 0 aromatic carbocycles. The number of fused-ring (bicyclic) bond motifs is 2. The van der Waals surface area contributed by atoms with Crippen LogP contribution in [0.3, 0.4) is 0 Å². The third-order valence-electron chi connectivity index (χ3n) is 5.94. The van der Waals surface area contributed by atoms with Gasteiger partial charge in [-0.3, -0.25) is 14.7 Å². The highest BCUT2D eigenvalue weighted by molar-refractivity contribution is 6.11. The van der Waals surface area contributed by atoms with Crippen molar-refractivity contribution in [2.45, 2.75) is 45.3 Å². The molecule has 30 heavy (non-hydrogen) atoms. The van der Waals surface area contributed by atoms with Crippen molar-refractivity contribution in [2.75, 3.05) is 19.6 Å². The van der Waals surface area contributed by atoms with Gasteiger partial charge in [0, 0.05) is 31.4 Å². The van der Waals surface area contributed by atoms with E-state index in [9.17, 15) is 4.79 Å². The minimum absolute atomic E-state index is 0.0300. The highest BCUT2D eigenvalue weighted by Gasteiger charge is 2.40. The minimum Gasteiger partial charge on any atom is -0.367 e. The van der Waals surface area contributed by atoms with E-state index >= 15 is 0 Å². The molecular formula is C22H27N7O. The summed E-state index contributed by atoms with van der Waals surface area (Å²) in [5.74, 6) is 0.0300. The van der Waals surface area contributed by atoms with E-state index in [1.165, 1.54) is 0 Å². The van der Waals surface area contributed by atoms with Crippen LogP contribution in [0.1, 0.15) is 38.6 Å². The fourth-order valence-corrected chi connectivity index (χ4v) is 4.44. The van der Waals surface area contributed by atoms with Gasteiger partial charge in [0.15, 0.2) is 11.3 Å². The van der Waals surface area contributed by atoms with Crippen molar-refractivity contribution < 1.29 is 4.79 Å². The smallest absolute Gasteiger partial charge is 0.234 e. The fraction of sp³-hybridized carbons (Fsp3) is 0.455. The zero-order valence-corrected chi connectivity index (χ0v) is 17.9. The number of nitrogens with one attached hydrogen (secondary N) is 1. The van der Waals surface area contributed by atoms with Crippen LogP contribution in [0.25, 0.3) is 5.65 Å². The standard InChI is InChI=1S/C22H27N7O/c1-15-12-29-19(24-15)6-5-17(26-29)18-11-20(30)28-13-16(7-8-22(28,4)25-18)27-10-9-23-21(2,3)14-27/h5-8,12-13,23H,9-11,14H2,1-4H3. The third-order valence-corrected chi connectivity index (χ3v) is 5.94. The molecule has 0 saturated carbocycles. The van der Waals surface area contributed by atoms with Crippen LogP contribution in [0.2, 0.25) is 0 Å². The van der Waals surface area contributed by atoms with E-state index in [0.717, 1.165) is 36.7 Å². The fourth-order valence-electron chi connectivity index (χ4n) is 4.44. The lowest BCUT2D eigenvalue weighted by Gasteiger charge is -2.45. The van der Waals surface area contributed by atoms with Crippen molar-refractivity contribution in [1.82, 2.24) is 29.7 Å². The Labute approximate surface area is 176 Å². The molecule has 3 aliphatic rings. The number of aliphatic imine (C=N–C) groups is 1. The third kappa shape index (κ3) is 3.21. The van der Waals surface area contributed by atoms with Gasteiger partial charge in [0.1, 0.15) is 5.69 Å². The number of carbonyl (C=O) groups excluding carboxylic acids is 1. The van der Waals surface area contributed by atoms with Crippen LogP contribution in [0, 0.1) is 6.92 Å². The maximum absolute atomic E-state index is 13.1. The topological polar surface area (TPSA) is 78.1 Å². The molecule has 1 amide bonds. The molecule has 2 aromatic heterocycles. The van der Waals surface area contributed by atoms with Gasteiger partial charge in [-0.15, -0.1) is 0 Å². The lowest BCUT2D eigenvalue weighted by Crippen LogP contribution is -2.57. The van der Waals surface area contributed by atoms with Gasteiger partial charge in [-0.05, 0) is 52.0 Å². The number of aryl methyl sites for hydroxylation is 1. The molecule has 1 atom stereocenters. The Morgan fingerprint density at radius 2 is 2.03 bits per heavy atom. The minimum atomic E-state index is -0.737. The Morgan fingerprint density at radius 1 is 1.20 bits per heavy atom. The van der Waals surface area contributed by atoms with Crippen LogP contribution in [0.5, 0.6) is 0 Å². The van der Waals surface area contributed by atoms with Crippen LogP contribution in [-0.4, -0.2) is 66.9 Å². The molecule has 8 nitrogen and oxygen atoms in total. The summed E-state index contributed by atoms with van der Waals surface area (Å²) in [6.45, 7) is 11.0. The second-order valence-corrected chi connectivity index (χ2v) is 9.12. The SMILES string of the molecule is Cc1cn2nc(C3=NC4(C)C=CC(N5CCNC(C)(C)C5)=CN4C(=O)C3)ccc2n1. The first-order chi connectivity index (χ1) is 14.2. The maximum atomic E-state index is 13.1. The van der Waals surface area contributed by atoms with Gasteiger partial charge in [-0.2, -0.15) is 5.10 Å². The molecule has 0 radical (unpaired) electrons. The summed E-state index contributed by atoms with van der Waals surface area (Å²) >= 11 is 0. The molecule has 5 heterocycles. The molecule has 1 fully saturated rings. The second-order valence-electron chi connectivity index (χ2n) is 9.12. The summed E-state index contributed by atoms with van der Waals surface area (Å²) < 4.78 is 1.74. The van der Waals surface area contributed by atoms with E-state index < -0.39 is 5.66 Å². The van der Waals surface area contributed by atoms with E-state index in [0.29, 0.717) is 11.4 Å². The molecule has 156 valence electrons. The molecule has 2 aromatic rings. The normalized spacial score (nSPS) is 25.9. The van der Waals surface area contributed by atoms with Gasteiger partial charge in [0.25, 0.3) is 0 Å². The molecule has 0 spiro atoms. The van der Waals surface area contributed by atoms with E-state index in [2.05, 4.69) is 40.2 Å². The van der Waals surface area contributed by atoms with Crippen LogP contribution < -0.4 is 5.32 Å². The first-order valence-corrected chi connectivity index (χ1v) is 10.4. The summed E-state index contributed by atoms with van der Waals surface area (Å²) in [4.78, 5) is 26.6. The monoisotopic (exact) mass is 405 g/mol. The maximum Gasteiger partial charge on any atom is 0.234 e. The number of allylic oxidation sites excluding steroid dienone is 1. The summed E-state index contributed by atoms with van der Waals surface area (Å²) in [5.41, 5.74) is 3.47. The summed E-state index contributed by atoms with van der Waals surface area (Å²) in [6.07, 6.45) is 8.18. The van der Waals surface area contributed by atoms with Gasteiger partial charge in [0.2, 0.25) is 5.91 Å². The van der Waals surface area contributed by atoms with Crippen LogP contribution >= 0.6 is 0 Å². The van der Waals surface area contributed by atoms with E-state index in [1.807, 2.05) is 44.5 Å². The Bertz CT molecular complexity index is 1130. The van der Waals surface area contributed by atoms with Gasteiger partial charge in [-0.1, -0.05) is 0 Å². The van der Waals surface area contributed by atoms with Crippen molar-refractivity contribution in [2.24, 2.45) is 4.99 Å². The Hall–Kier alpha value is -3.00. The zero-order valence-electron chi connectivity index (χ0n) is 17.9. The number of piperazine rings is 1. The zero-order chi connectivity index (χ0) is 21.1. The van der Waals surface area contributed by atoms with Crippen LogP contribution in [0.4, 0.5) is 0 Å². The van der Waals surface area contributed by atoms with Crippen LogP contribution in [-0.2, 0) is 4.79 Å². The lowest BCUT2D eigenvalue weighted by molar-refractivity contribution is -0.131. The molecule has 1 N–H and O–H groups in total. The lowest BCUT2D eigenvalue weighted by atomic mass is 9.98. The van der Waals surface area contributed by atoms with Crippen LogP contribution in [0.15, 0.2) is 47.4 Å². The number of carbonyl (C=O) groups is 1. The molecule has 1 saturated heterocycles. The number of amides is 1. The number of nitrogens with zero attached hydrogens (tertiary/aromatic N) is 6. The highest BCUT2D eigenvalue weighted by Crippen LogP contribution is 2.32. The first kappa shape index (κ1) is 19.0. The Balaban J connectivity index is 1.46. The van der Waals surface area contributed by atoms with E-state index in [4.69, 9.17) is 4.99 Å². The van der Waals surface area contributed by atoms with Gasteiger partial charge in [0.05, 0.1) is 29.7 Å². The summed E-state index contributed by atoms with van der Waals surface area (Å²) in [5, 5.41) is 8.15. The quantitative estimate of drug-likeness (QED) is 0.825. The predicted octanol–water partition coefficient (Wildman–Crippen LogP) is 1.87. The number of rotatable bonds is 2. The van der Waals surface area contributed by atoms with Crippen molar-refractivity contribution in [3.63, 3.8) is 0 Å². The van der Waals surface area contributed by atoms with Gasteiger partial charge in [-0.25, -0.2) is 9.50 Å². The van der Waals surface area contributed by atoms with E-state index in [1.54, 1.807) is 9.42 Å². The molecule has 0 bridgehead atoms. The Kier molecular flexibility index (Phi) is 4.12. The van der Waals surface area contributed by atoms with Crippen molar-refractivity contribution in [1.29, 1.82) is 0 Å². The molecule has 3 aliphatic heterocycles. The highest BCUT2D eigenvalue weighted by atomic mass is 16.2. The molecule has 5 rings (SSSR count). The number of imidazole rings is 1. The predicted molar refractivity (Wildman–Crippen MR) is 115 cm³/mol. The molecule has 8 heteroatoms. The largest absolute Gasteiger partial charge is 0.367 e. The molecular weight excluding hydrogens is 378 g/mol. The average molecular weight is 406 g/mol. The number of hydrogen-bond donors (Lipinski definition) is 1. The average Bonchev–Trinajstić information content (AvgIpc) is 3.05. The number of aromatic nitrogens is 3.